The Morgan fingerprint density at radius 2 is 1.04 bits per heavy atom. The van der Waals surface area contributed by atoms with E-state index in [0.29, 0.717) is 0 Å². The van der Waals surface area contributed by atoms with Crippen LogP contribution in [0.2, 0.25) is 0 Å². The van der Waals surface area contributed by atoms with Crippen molar-refractivity contribution in [2.24, 2.45) is 0 Å². The Bertz CT molecular complexity index is 722. The summed E-state index contributed by atoms with van der Waals surface area (Å²) in [5.74, 6) is 0.753. The lowest BCUT2D eigenvalue weighted by Crippen LogP contribution is -3.00. The van der Waals surface area contributed by atoms with Crippen molar-refractivity contribution in [2.75, 3.05) is 12.0 Å². The first-order valence-corrected chi connectivity index (χ1v) is 12.1. The lowest BCUT2D eigenvalue weighted by Gasteiger charge is -2.26. The summed E-state index contributed by atoms with van der Waals surface area (Å²) in [7, 11) is -1.72. The van der Waals surface area contributed by atoms with E-state index in [2.05, 4.69) is 103 Å². The molecule has 146 valence electrons. The highest BCUT2D eigenvalue weighted by Gasteiger charge is 2.43. The molecule has 0 unspecified atom stereocenters. The third kappa shape index (κ3) is 5.69. The van der Waals surface area contributed by atoms with Crippen molar-refractivity contribution in [3.8, 4) is 0 Å². The zero-order chi connectivity index (χ0) is 18.8. The minimum Gasteiger partial charge on any atom is -1.00 e. The molecule has 0 saturated heterocycles. The van der Waals surface area contributed by atoms with Crippen molar-refractivity contribution in [3.63, 3.8) is 0 Å². The lowest BCUT2D eigenvalue weighted by atomic mass is 10.2. The SMILES string of the molecule is ClCCCCC=CC[P+](c1ccccc1)(c1ccccc1)c1ccccc1.[I-]. The van der Waals surface area contributed by atoms with Gasteiger partial charge in [0, 0.05) is 5.88 Å². The number of halogens is 2. The fourth-order valence-corrected chi connectivity index (χ4v) is 7.74. The van der Waals surface area contributed by atoms with E-state index in [9.17, 15) is 0 Å². The van der Waals surface area contributed by atoms with Gasteiger partial charge in [-0.05, 0) is 55.7 Å². The Hall–Kier alpha value is -1.15. The smallest absolute Gasteiger partial charge is 0.115 e. The van der Waals surface area contributed by atoms with Crippen LogP contribution in [0.4, 0.5) is 0 Å². The van der Waals surface area contributed by atoms with E-state index in [4.69, 9.17) is 11.6 Å². The zero-order valence-corrected chi connectivity index (χ0v) is 19.9. The summed E-state index contributed by atoms with van der Waals surface area (Å²) in [6.07, 6.45) is 9.14. The molecule has 0 aromatic heterocycles. The number of alkyl halides is 1. The first-order valence-electron chi connectivity index (χ1n) is 9.64. The largest absolute Gasteiger partial charge is 1.00 e. The van der Waals surface area contributed by atoms with Crippen molar-refractivity contribution >= 4 is 34.8 Å². The number of hydrogen-bond donors (Lipinski definition) is 0. The molecule has 0 amide bonds. The summed E-state index contributed by atoms with van der Waals surface area (Å²) in [5, 5.41) is 4.31. The average Bonchev–Trinajstić information content (AvgIpc) is 2.75. The van der Waals surface area contributed by atoms with Crippen LogP contribution in [0.3, 0.4) is 0 Å². The molecule has 0 N–H and O–H groups in total. The molecule has 0 aliphatic carbocycles. The standard InChI is InChI=1S/C25H27ClP.HI/c26-21-13-2-1-3-14-22-27(23-15-7-4-8-16-23,24-17-9-5-10-18-24)25-19-11-6-12-20-25;/h3-12,14-20H,1-2,13,21-22H2;1H/q+1;/p-1. The van der Waals surface area contributed by atoms with E-state index in [1.807, 2.05) is 0 Å². The molecule has 0 nitrogen and oxygen atoms in total. The maximum absolute atomic E-state index is 5.81. The fraction of sp³-hybridized carbons (Fsp3) is 0.200. The predicted octanol–water partition coefficient (Wildman–Crippen LogP) is 2.95. The second-order valence-corrected chi connectivity index (χ2v) is 10.6. The highest BCUT2D eigenvalue weighted by molar-refractivity contribution is 7.95. The second kappa shape index (κ2) is 12.4. The first-order chi connectivity index (χ1) is 13.4. The van der Waals surface area contributed by atoms with Gasteiger partial charge in [-0.15, -0.1) is 11.6 Å². The van der Waals surface area contributed by atoms with E-state index >= 15 is 0 Å². The van der Waals surface area contributed by atoms with Crippen LogP contribution in [0.25, 0.3) is 0 Å². The number of unbranched alkanes of at least 4 members (excludes halogenated alkanes) is 2. The van der Waals surface area contributed by atoms with Crippen molar-refractivity contribution in [1.29, 1.82) is 0 Å². The summed E-state index contributed by atoms with van der Waals surface area (Å²) < 4.78 is 0. The number of rotatable bonds is 9. The topological polar surface area (TPSA) is 0 Å². The van der Waals surface area contributed by atoms with E-state index in [-0.39, 0.29) is 24.0 Å². The third-order valence-corrected chi connectivity index (χ3v) is 9.46. The zero-order valence-electron chi connectivity index (χ0n) is 16.1. The molecule has 3 heteroatoms. The number of benzene rings is 3. The van der Waals surface area contributed by atoms with Crippen molar-refractivity contribution in [3.05, 3.63) is 103 Å². The lowest BCUT2D eigenvalue weighted by molar-refractivity contribution is -0.00000522. The van der Waals surface area contributed by atoms with Crippen LogP contribution in [0.1, 0.15) is 19.3 Å². The Kier molecular flexibility index (Phi) is 10.3. The summed E-state index contributed by atoms with van der Waals surface area (Å²) in [5.41, 5.74) is 0. The van der Waals surface area contributed by atoms with E-state index in [1.54, 1.807) is 0 Å². The third-order valence-electron chi connectivity index (χ3n) is 4.89. The van der Waals surface area contributed by atoms with Gasteiger partial charge in [-0.3, -0.25) is 0 Å². The summed E-state index contributed by atoms with van der Waals surface area (Å²) in [4.78, 5) is 0. The molecule has 0 radical (unpaired) electrons. The number of allylic oxidation sites excluding steroid dienone is 2. The molecular formula is C25H27ClIP. The molecule has 28 heavy (non-hydrogen) atoms. The minimum absolute atomic E-state index is 0. The van der Waals surface area contributed by atoms with E-state index in [0.717, 1.165) is 31.3 Å². The summed E-state index contributed by atoms with van der Waals surface area (Å²) in [6, 6.07) is 33.1. The molecule has 0 fully saturated rings. The maximum atomic E-state index is 5.81. The van der Waals surface area contributed by atoms with Crippen LogP contribution in [-0.4, -0.2) is 12.0 Å². The van der Waals surface area contributed by atoms with Crippen LogP contribution in [0, 0.1) is 0 Å². The van der Waals surface area contributed by atoms with Gasteiger partial charge in [0.15, 0.2) is 0 Å². The van der Waals surface area contributed by atoms with Gasteiger partial charge in [-0.25, -0.2) is 0 Å². The highest BCUT2D eigenvalue weighted by Crippen LogP contribution is 2.55. The van der Waals surface area contributed by atoms with Gasteiger partial charge in [0.05, 0.1) is 6.16 Å². The van der Waals surface area contributed by atoms with Crippen LogP contribution < -0.4 is 39.9 Å². The van der Waals surface area contributed by atoms with Crippen LogP contribution in [0.15, 0.2) is 103 Å². The highest BCUT2D eigenvalue weighted by atomic mass is 127. The molecule has 3 aromatic rings. The molecule has 0 aliphatic rings. The quantitative estimate of drug-likeness (QED) is 0.134. The van der Waals surface area contributed by atoms with E-state index in [1.165, 1.54) is 15.9 Å². The molecular weight excluding hydrogens is 494 g/mol. The molecule has 0 aliphatic heterocycles. The van der Waals surface area contributed by atoms with Crippen molar-refractivity contribution < 1.29 is 24.0 Å². The monoisotopic (exact) mass is 520 g/mol. The van der Waals surface area contributed by atoms with Gasteiger partial charge in [0.2, 0.25) is 0 Å². The van der Waals surface area contributed by atoms with E-state index < -0.39 is 7.26 Å². The van der Waals surface area contributed by atoms with Gasteiger partial charge in [0.1, 0.15) is 23.2 Å². The molecule has 0 bridgehead atoms. The molecule has 0 atom stereocenters. The first kappa shape index (κ1) is 23.1. The normalized spacial score (nSPS) is 11.3. The van der Waals surface area contributed by atoms with Gasteiger partial charge in [-0.2, -0.15) is 0 Å². The van der Waals surface area contributed by atoms with Crippen LogP contribution in [0.5, 0.6) is 0 Å². The Labute approximate surface area is 192 Å². The van der Waals surface area contributed by atoms with Crippen molar-refractivity contribution in [1.82, 2.24) is 0 Å². The molecule has 0 saturated carbocycles. The van der Waals surface area contributed by atoms with Gasteiger partial charge >= 0.3 is 0 Å². The van der Waals surface area contributed by atoms with Crippen LogP contribution in [-0.2, 0) is 0 Å². The minimum atomic E-state index is -1.72. The Morgan fingerprint density at radius 1 is 0.607 bits per heavy atom. The van der Waals surface area contributed by atoms with Gasteiger partial charge in [0.25, 0.3) is 0 Å². The number of hydrogen-bond acceptors (Lipinski definition) is 0. The Morgan fingerprint density at radius 3 is 1.43 bits per heavy atom. The molecule has 0 spiro atoms. The summed E-state index contributed by atoms with van der Waals surface area (Å²) >= 11 is 5.81. The summed E-state index contributed by atoms with van der Waals surface area (Å²) in [6.45, 7) is 0. The van der Waals surface area contributed by atoms with Crippen molar-refractivity contribution in [2.45, 2.75) is 19.3 Å². The van der Waals surface area contributed by atoms with Gasteiger partial charge < -0.3 is 24.0 Å². The molecule has 3 aromatic carbocycles. The second-order valence-electron chi connectivity index (χ2n) is 6.66. The fourth-order valence-electron chi connectivity index (χ4n) is 3.52. The Balaban J connectivity index is 0.00000280. The predicted molar refractivity (Wildman–Crippen MR) is 124 cm³/mol. The molecule has 3 rings (SSSR count). The maximum Gasteiger partial charge on any atom is 0.115 e. The van der Waals surface area contributed by atoms with Gasteiger partial charge in [-0.1, -0.05) is 66.7 Å². The molecule has 0 heterocycles. The average molecular weight is 521 g/mol. The van der Waals surface area contributed by atoms with Crippen LogP contribution >= 0.6 is 18.9 Å².